The van der Waals surface area contributed by atoms with E-state index in [1.54, 1.807) is 54.6 Å². The Kier molecular flexibility index (Phi) is 4.51. The lowest BCUT2D eigenvalue weighted by Gasteiger charge is -2.05. The average molecular weight is 281 g/mol. The van der Waals surface area contributed by atoms with Crippen molar-refractivity contribution in [2.24, 2.45) is 0 Å². The fourth-order valence-corrected chi connectivity index (χ4v) is 1.92. The first kappa shape index (κ1) is 14.5. The maximum Gasteiger partial charge on any atom is 0.336 e. The molecule has 0 aliphatic carbocycles. The molecule has 0 spiro atoms. The van der Waals surface area contributed by atoms with E-state index in [0.717, 1.165) is 5.56 Å². The van der Waals surface area contributed by atoms with E-state index in [9.17, 15) is 14.7 Å². The van der Waals surface area contributed by atoms with Crippen LogP contribution in [0.25, 0.3) is 11.6 Å². The molecular formula is C17H15NO3. The van der Waals surface area contributed by atoms with Gasteiger partial charge in [0.1, 0.15) is 0 Å². The van der Waals surface area contributed by atoms with Gasteiger partial charge < -0.3 is 10.4 Å². The first-order chi connectivity index (χ1) is 10.1. The molecule has 2 rings (SSSR count). The minimum atomic E-state index is -0.980. The summed E-state index contributed by atoms with van der Waals surface area (Å²) in [4.78, 5) is 22.3. The number of rotatable bonds is 4. The van der Waals surface area contributed by atoms with Gasteiger partial charge in [-0.1, -0.05) is 42.5 Å². The van der Waals surface area contributed by atoms with Crippen molar-refractivity contribution in [3.63, 3.8) is 0 Å². The second-order valence-electron chi connectivity index (χ2n) is 4.53. The molecule has 2 aromatic rings. The Morgan fingerprint density at radius 1 is 1.00 bits per heavy atom. The highest BCUT2D eigenvalue weighted by atomic mass is 16.4. The summed E-state index contributed by atoms with van der Waals surface area (Å²) in [7, 11) is 0. The van der Waals surface area contributed by atoms with Crippen molar-refractivity contribution in [1.82, 2.24) is 0 Å². The van der Waals surface area contributed by atoms with Crippen LogP contribution in [-0.2, 0) is 9.59 Å². The molecule has 0 atom stereocenters. The molecule has 2 aromatic carbocycles. The van der Waals surface area contributed by atoms with Crippen LogP contribution in [0.2, 0.25) is 0 Å². The zero-order valence-corrected chi connectivity index (χ0v) is 11.5. The lowest BCUT2D eigenvalue weighted by atomic mass is 10.0. The molecule has 0 heterocycles. The SMILES string of the molecule is CC(=O)Nc1ccc(/C=C(\C(=O)O)c2ccccc2)cc1. The minimum Gasteiger partial charge on any atom is -0.478 e. The maximum absolute atomic E-state index is 11.4. The van der Waals surface area contributed by atoms with E-state index in [1.165, 1.54) is 6.92 Å². The summed E-state index contributed by atoms with van der Waals surface area (Å²) in [5.74, 6) is -1.12. The second-order valence-corrected chi connectivity index (χ2v) is 4.53. The van der Waals surface area contributed by atoms with Gasteiger partial charge in [0.05, 0.1) is 5.57 Å². The van der Waals surface area contributed by atoms with E-state index >= 15 is 0 Å². The lowest BCUT2D eigenvalue weighted by Crippen LogP contribution is -2.05. The molecule has 21 heavy (non-hydrogen) atoms. The summed E-state index contributed by atoms with van der Waals surface area (Å²) in [6.07, 6.45) is 1.61. The Morgan fingerprint density at radius 3 is 2.14 bits per heavy atom. The van der Waals surface area contributed by atoms with Gasteiger partial charge in [-0.3, -0.25) is 4.79 Å². The Bertz CT molecular complexity index is 673. The topological polar surface area (TPSA) is 66.4 Å². The third-order valence-corrected chi connectivity index (χ3v) is 2.86. The van der Waals surface area contributed by atoms with Gasteiger partial charge in [0, 0.05) is 12.6 Å². The Labute approximate surface area is 122 Å². The van der Waals surface area contributed by atoms with Crippen LogP contribution in [0.5, 0.6) is 0 Å². The van der Waals surface area contributed by atoms with E-state index in [4.69, 9.17) is 0 Å². The van der Waals surface area contributed by atoms with Crippen molar-refractivity contribution in [2.75, 3.05) is 5.32 Å². The standard InChI is InChI=1S/C17H15NO3/c1-12(19)18-15-9-7-13(8-10-15)11-16(17(20)21)14-5-3-2-4-6-14/h2-11H,1H3,(H,18,19)(H,20,21)/b16-11-. The van der Waals surface area contributed by atoms with Crippen molar-refractivity contribution in [2.45, 2.75) is 6.92 Å². The predicted molar refractivity (Wildman–Crippen MR) is 82.7 cm³/mol. The number of carboxylic acids is 1. The van der Waals surface area contributed by atoms with Crippen molar-refractivity contribution < 1.29 is 14.7 Å². The molecule has 0 aliphatic rings. The summed E-state index contributed by atoms with van der Waals surface area (Å²) in [5, 5.41) is 12.0. The van der Waals surface area contributed by atoms with Crippen LogP contribution >= 0.6 is 0 Å². The first-order valence-corrected chi connectivity index (χ1v) is 6.44. The van der Waals surface area contributed by atoms with Crippen LogP contribution in [0.4, 0.5) is 5.69 Å². The quantitative estimate of drug-likeness (QED) is 0.667. The monoisotopic (exact) mass is 281 g/mol. The molecule has 2 N–H and O–H groups in total. The molecule has 1 amide bonds. The molecule has 0 saturated carbocycles. The highest BCUT2D eigenvalue weighted by Crippen LogP contribution is 2.19. The number of nitrogens with one attached hydrogen (secondary N) is 1. The van der Waals surface area contributed by atoms with Crippen molar-refractivity contribution in [3.05, 3.63) is 65.7 Å². The van der Waals surface area contributed by atoms with Gasteiger partial charge in [0.15, 0.2) is 0 Å². The Balaban J connectivity index is 2.31. The van der Waals surface area contributed by atoms with E-state index < -0.39 is 5.97 Å². The number of aliphatic carboxylic acids is 1. The zero-order chi connectivity index (χ0) is 15.2. The van der Waals surface area contributed by atoms with Crippen LogP contribution < -0.4 is 5.32 Å². The summed E-state index contributed by atoms with van der Waals surface area (Å²) in [6.45, 7) is 1.44. The van der Waals surface area contributed by atoms with Gasteiger partial charge in [-0.05, 0) is 29.3 Å². The average Bonchev–Trinajstić information content (AvgIpc) is 2.46. The molecule has 106 valence electrons. The third kappa shape index (κ3) is 4.04. The zero-order valence-electron chi connectivity index (χ0n) is 11.5. The highest BCUT2D eigenvalue weighted by Gasteiger charge is 2.09. The molecule has 0 fully saturated rings. The molecule has 0 radical (unpaired) electrons. The van der Waals surface area contributed by atoms with Crippen molar-refractivity contribution >= 4 is 29.2 Å². The molecule has 4 nitrogen and oxygen atoms in total. The van der Waals surface area contributed by atoms with Crippen LogP contribution in [0, 0.1) is 0 Å². The molecule has 0 aliphatic heterocycles. The number of carboxylic acid groups (broad SMARTS) is 1. The number of hydrogen-bond donors (Lipinski definition) is 2. The van der Waals surface area contributed by atoms with Crippen LogP contribution in [0.3, 0.4) is 0 Å². The minimum absolute atomic E-state index is 0.145. The fourth-order valence-electron chi connectivity index (χ4n) is 1.92. The number of carbonyl (C=O) groups excluding carboxylic acids is 1. The van der Waals surface area contributed by atoms with Gasteiger partial charge in [-0.25, -0.2) is 4.79 Å². The number of anilines is 1. The van der Waals surface area contributed by atoms with Crippen LogP contribution in [-0.4, -0.2) is 17.0 Å². The number of amides is 1. The smallest absolute Gasteiger partial charge is 0.336 e. The van der Waals surface area contributed by atoms with Gasteiger partial charge in [0.25, 0.3) is 0 Å². The van der Waals surface area contributed by atoms with Crippen molar-refractivity contribution in [1.29, 1.82) is 0 Å². The Hall–Kier alpha value is -2.88. The van der Waals surface area contributed by atoms with Crippen LogP contribution in [0.15, 0.2) is 54.6 Å². The molecule has 0 aromatic heterocycles. The largest absolute Gasteiger partial charge is 0.478 e. The van der Waals surface area contributed by atoms with Crippen LogP contribution in [0.1, 0.15) is 18.1 Å². The number of carbonyl (C=O) groups is 2. The fraction of sp³-hybridized carbons (Fsp3) is 0.0588. The molecular weight excluding hydrogens is 266 g/mol. The molecule has 0 saturated heterocycles. The normalized spacial score (nSPS) is 11.0. The predicted octanol–water partition coefficient (Wildman–Crippen LogP) is 3.27. The van der Waals surface area contributed by atoms with Crippen molar-refractivity contribution in [3.8, 4) is 0 Å². The summed E-state index contributed by atoms with van der Waals surface area (Å²) >= 11 is 0. The summed E-state index contributed by atoms with van der Waals surface area (Å²) in [5.41, 5.74) is 2.31. The Morgan fingerprint density at radius 2 is 1.62 bits per heavy atom. The van der Waals surface area contributed by atoms with Gasteiger partial charge in [-0.15, -0.1) is 0 Å². The van der Waals surface area contributed by atoms with E-state index in [2.05, 4.69) is 5.32 Å². The van der Waals surface area contributed by atoms with Gasteiger partial charge >= 0.3 is 5.97 Å². The molecule has 0 bridgehead atoms. The summed E-state index contributed by atoms with van der Waals surface area (Å²) in [6, 6.07) is 15.9. The van der Waals surface area contributed by atoms with E-state index in [-0.39, 0.29) is 11.5 Å². The molecule has 0 unspecified atom stereocenters. The maximum atomic E-state index is 11.4. The second kappa shape index (κ2) is 6.52. The van der Waals surface area contributed by atoms with E-state index in [0.29, 0.717) is 11.3 Å². The van der Waals surface area contributed by atoms with Gasteiger partial charge in [0.2, 0.25) is 5.91 Å². The first-order valence-electron chi connectivity index (χ1n) is 6.44. The number of hydrogen-bond acceptors (Lipinski definition) is 2. The van der Waals surface area contributed by atoms with Gasteiger partial charge in [-0.2, -0.15) is 0 Å². The summed E-state index contributed by atoms with van der Waals surface area (Å²) < 4.78 is 0. The molecule has 4 heteroatoms. The third-order valence-electron chi connectivity index (χ3n) is 2.86. The number of benzene rings is 2. The van der Waals surface area contributed by atoms with E-state index in [1.807, 2.05) is 6.07 Å². The highest BCUT2D eigenvalue weighted by molar-refractivity contribution is 6.20. The lowest BCUT2D eigenvalue weighted by molar-refractivity contribution is -0.130.